The molecule has 1 fully saturated rings. The molecule has 4 nitrogen and oxygen atoms in total. The Morgan fingerprint density at radius 1 is 1.04 bits per heavy atom. The Morgan fingerprint density at radius 3 is 2.30 bits per heavy atom. The molecule has 1 heterocycles. The molecule has 1 amide bonds. The van der Waals surface area contributed by atoms with Gasteiger partial charge < -0.3 is 10.2 Å². The summed E-state index contributed by atoms with van der Waals surface area (Å²) in [6, 6.07) is 0. The van der Waals surface area contributed by atoms with Gasteiger partial charge in [0, 0.05) is 43.6 Å². The minimum Gasteiger partial charge on any atom is -0.389 e. The van der Waals surface area contributed by atoms with Gasteiger partial charge in [-0.05, 0) is 45.4 Å². The lowest BCUT2D eigenvalue weighted by Gasteiger charge is -2.32. The molecular weight excluding hydrogens is 336 g/mol. The van der Waals surface area contributed by atoms with Crippen LogP contribution in [0.4, 0.5) is 0 Å². The summed E-state index contributed by atoms with van der Waals surface area (Å²) < 4.78 is 0. The molecule has 4 heteroatoms. The summed E-state index contributed by atoms with van der Waals surface area (Å²) in [5.74, 6) is 0.916. The normalized spacial score (nSPS) is 16.0. The van der Waals surface area contributed by atoms with Crippen LogP contribution in [0.3, 0.4) is 0 Å². The van der Waals surface area contributed by atoms with E-state index in [2.05, 4.69) is 25.2 Å². The molecule has 0 aromatic heterocycles. The first kappa shape index (κ1) is 23.7. The Bertz CT molecular complexity index is 463. The van der Waals surface area contributed by atoms with Gasteiger partial charge in [0.25, 0.3) is 0 Å². The smallest absolute Gasteiger partial charge is 0.222 e. The van der Waals surface area contributed by atoms with Crippen molar-refractivity contribution in [3.05, 3.63) is 11.8 Å². The fourth-order valence-electron chi connectivity index (χ4n) is 3.78. The van der Waals surface area contributed by atoms with Crippen molar-refractivity contribution in [1.29, 1.82) is 0 Å². The maximum atomic E-state index is 12.4. The average molecular weight is 379 g/mol. The second kappa shape index (κ2) is 13.8. The second-order valence-corrected chi connectivity index (χ2v) is 8.17. The van der Waals surface area contributed by atoms with Crippen LogP contribution in [0.15, 0.2) is 11.8 Å². The van der Waals surface area contributed by atoms with Gasteiger partial charge in [0.1, 0.15) is 5.78 Å². The number of carbonyl (C=O) groups is 2. The van der Waals surface area contributed by atoms with E-state index in [4.69, 9.17) is 0 Å². The van der Waals surface area contributed by atoms with Crippen molar-refractivity contribution in [2.75, 3.05) is 19.6 Å². The molecular formula is C23H42N2O2. The second-order valence-electron chi connectivity index (χ2n) is 8.17. The molecule has 0 bridgehead atoms. The summed E-state index contributed by atoms with van der Waals surface area (Å²) >= 11 is 0. The van der Waals surface area contributed by atoms with E-state index in [-0.39, 0.29) is 17.7 Å². The van der Waals surface area contributed by atoms with E-state index in [1.54, 1.807) is 0 Å². The number of hydrogen-bond donors (Lipinski definition) is 1. The van der Waals surface area contributed by atoms with Gasteiger partial charge in [0.2, 0.25) is 5.91 Å². The SMILES string of the molecule is CCCC/C=C(\CCCCCC(=O)N1CCC(C(=O)C(C)C)CC1)NCC. The van der Waals surface area contributed by atoms with Crippen LogP contribution in [0.2, 0.25) is 0 Å². The lowest BCUT2D eigenvalue weighted by Crippen LogP contribution is -2.40. The quantitative estimate of drug-likeness (QED) is 0.454. The monoisotopic (exact) mass is 378 g/mol. The molecule has 0 aromatic rings. The number of hydrogen-bond acceptors (Lipinski definition) is 3. The molecule has 0 unspecified atom stereocenters. The van der Waals surface area contributed by atoms with Crippen LogP contribution >= 0.6 is 0 Å². The molecule has 0 aromatic carbocycles. The van der Waals surface area contributed by atoms with Gasteiger partial charge >= 0.3 is 0 Å². The molecule has 1 rings (SSSR count). The predicted octanol–water partition coefficient (Wildman–Crippen LogP) is 5.08. The van der Waals surface area contributed by atoms with Crippen molar-refractivity contribution >= 4 is 11.7 Å². The molecule has 0 saturated carbocycles. The highest BCUT2D eigenvalue weighted by Crippen LogP contribution is 2.22. The number of carbonyl (C=O) groups excluding carboxylic acids is 2. The highest BCUT2D eigenvalue weighted by atomic mass is 16.2. The van der Waals surface area contributed by atoms with E-state index in [1.165, 1.54) is 18.5 Å². The van der Waals surface area contributed by atoms with E-state index >= 15 is 0 Å². The number of piperidine rings is 1. The molecule has 0 radical (unpaired) electrons. The first-order valence-electron chi connectivity index (χ1n) is 11.2. The molecule has 27 heavy (non-hydrogen) atoms. The summed E-state index contributed by atoms with van der Waals surface area (Å²) in [6.07, 6.45) is 12.6. The van der Waals surface area contributed by atoms with Gasteiger partial charge in [0.05, 0.1) is 0 Å². The number of amides is 1. The lowest BCUT2D eigenvalue weighted by atomic mass is 9.87. The highest BCUT2D eigenvalue weighted by molar-refractivity contribution is 5.83. The first-order valence-corrected chi connectivity index (χ1v) is 11.2. The Kier molecular flexibility index (Phi) is 12.1. The largest absolute Gasteiger partial charge is 0.389 e. The fraction of sp³-hybridized carbons (Fsp3) is 0.826. The van der Waals surface area contributed by atoms with Crippen LogP contribution in [0, 0.1) is 11.8 Å². The Balaban J connectivity index is 2.20. The van der Waals surface area contributed by atoms with Crippen molar-refractivity contribution in [3.8, 4) is 0 Å². The summed E-state index contributed by atoms with van der Waals surface area (Å²) in [6.45, 7) is 10.8. The molecule has 1 aliphatic heterocycles. The van der Waals surface area contributed by atoms with Gasteiger partial charge in [-0.15, -0.1) is 0 Å². The number of nitrogens with zero attached hydrogens (tertiary/aromatic N) is 1. The Hall–Kier alpha value is -1.32. The highest BCUT2D eigenvalue weighted by Gasteiger charge is 2.28. The van der Waals surface area contributed by atoms with Crippen molar-refractivity contribution in [2.24, 2.45) is 11.8 Å². The molecule has 0 spiro atoms. The first-order chi connectivity index (χ1) is 13.0. The fourth-order valence-corrected chi connectivity index (χ4v) is 3.78. The van der Waals surface area contributed by atoms with E-state index in [0.717, 1.165) is 64.6 Å². The van der Waals surface area contributed by atoms with Crippen LogP contribution in [0.25, 0.3) is 0 Å². The van der Waals surface area contributed by atoms with Crippen molar-refractivity contribution < 1.29 is 9.59 Å². The lowest BCUT2D eigenvalue weighted by molar-refractivity contribution is -0.135. The summed E-state index contributed by atoms with van der Waals surface area (Å²) in [5.41, 5.74) is 1.37. The molecule has 1 saturated heterocycles. The number of nitrogens with one attached hydrogen (secondary N) is 1. The predicted molar refractivity (Wildman–Crippen MR) is 114 cm³/mol. The van der Waals surface area contributed by atoms with Crippen molar-refractivity contribution in [1.82, 2.24) is 10.2 Å². The van der Waals surface area contributed by atoms with Crippen molar-refractivity contribution in [3.63, 3.8) is 0 Å². The molecule has 1 aliphatic rings. The van der Waals surface area contributed by atoms with Gasteiger partial charge in [-0.2, -0.15) is 0 Å². The van der Waals surface area contributed by atoms with Crippen LogP contribution in [-0.4, -0.2) is 36.2 Å². The van der Waals surface area contributed by atoms with Gasteiger partial charge in [0.15, 0.2) is 0 Å². The average Bonchev–Trinajstić information content (AvgIpc) is 2.67. The van der Waals surface area contributed by atoms with Gasteiger partial charge in [-0.3, -0.25) is 9.59 Å². The third kappa shape index (κ3) is 9.44. The zero-order valence-electron chi connectivity index (χ0n) is 18.2. The van der Waals surface area contributed by atoms with E-state index in [0.29, 0.717) is 12.2 Å². The summed E-state index contributed by atoms with van der Waals surface area (Å²) in [7, 11) is 0. The number of allylic oxidation sites excluding steroid dienone is 2. The molecule has 0 atom stereocenters. The number of unbranched alkanes of at least 4 members (excludes halogenated alkanes) is 4. The summed E-state index contributed by atoms with van der Waals surface area (Å²) in [4.78, 5) is 26.5. The van der Waals surface area contributed by atoms with Crippen LogP contribution < -0.4 is 5.32 Å². The van der Waals surface area contributed by atoms with E-state index in [9.17, 15) is 9.59 Å². The number of rotatable bonds is 13. The maximum absolute atomic E-state index is 12.4. The topological polar surface area (TPSA) is 49.4 Å². The summed E-state index contributed by atoms with van der Waals surface area (Å²) in [5, 5.41) is 3.47. The number of ketones is 1. The number of likely N-dealkylation sites (tertiary alicyclic amines) is 1. The van der Waals surface area contributed by atoms with Crippen molar-refractivity contribution in [2.45, 2.75) is 91.9 Å². The molecule has 156 valence electrons. The Morgan fingerprint density at radius 2 is 1.70 bits per heavy atom. The Labute approximate surface area is 167 Å². The zero-order chi connectivity index (χ0) is 20.1. The maximum Gasteiger partial charge on any atom is 0.222 e. The zero-order valence-corrected chi connectivity index (χ0v) is 18.2. The minimum atomic E-state index is 0.111. The third-order valence-corrected chi connectivity index (χ3v) is 5.51. The van der Waals surface area contributed by atoms with E-state index < -0.39 is 0 Å². The molecule has 0 aliphatic carbocycles. The van der Waals surface area contributed by atoms with Crippen LogP contribution in [0.5, 0.6) is 0 Å². The third-order valence-electron chi connectivity index (χ3n) is 5.51. The standard InChI is InChI=1S/C23H42N2O2/c1-5-7-9-12-21(24-6-2)13-10-8-11-14-22(26)25-17-15-20(16-18-25)23(27)19(3)4/h12,19-20,24H,5-11,13-18H2,1-4H3/b21-12+. The minimum absolute atomic E-state index is 0.111. The van der Waals surface area contributed by atoms with E-state index in [1.807, 2.05) is 18.7 Å². The van der Waals surface area contributed by atoms with Gasteiger partial charge in [-0.25, -0.2) is 0 Å². The van der Waals surface area contributed by atoms with Gasteiger partial charge in [-0.1, -0.05) is 46.1 Å². The molecule has 1 N–H and O–H groups in total. The number of Topliss-reactive ketones (excluding diaryl/α,β-unsaturated/α-hetero) is 1. The van der Waals surface area contributed by atoms with Crippen LogP contribution in [0.1, 0.15) is 91.9 Å². The van der Waals surface area contributed by atoms with Crippen LogP contribution in [-0.2, 0) is 9.59 Å².